The van der Waals surface area contributed by atoms with Crippen molar-refractivity contribution in [2.75, 3.05) is 5.75 Å². The van der Waals surface area contributed by atoms with Crippen LogP contribution >= 0.6 is 23.4 Å². The van der Waals surface area contributed by atoms with Crippen LogP contribution in [-0.2, 0) is 6.42 Å². The highest BCUT2D eigenvalue weighted by atomic mass is 35.5. The topological polar surface area (TPSA) is 17.1 Å². The Bertz CT molecular complexity index is 605. The number of rotatable bonds is 5. The van der Waals surface area contributed by atoms with Crippen molar-refractivity contribution in [2.45, 2.75) is 25.2 Å². The molecule has 1 nitrogen and oxygen atoms in total. The Morgan fingerprint density at radius 2 is 1.85 bits per heavy atom. The van der Waals surface area contributed by atoms with Gasteiger partial charge in [-0.05, 0) is 42.0 Å². The first-order valence-electron chi connectivity index (χ1n) is 6.61. The van der Waals surface area contributed by atoms with Gasteiger partial charge in [0.2, 0.25) is 0 Å². The number of hydrogen-bond acceptors (Lipinski definition) is 2. The van der Waals surface area contributed by atoms with Gasteiger partial charge in [-0.3, -0.25) is 4.79 Å². The van der Waals surface area contributed by atoms with Gasteiger partial charge in [-0.1, -0.05) is 42.8 Å². The quantitative estimate of drug-likeness (QED) is 0.559. The summed E-state index contributed by atoms with van der Waals surface area (Å²) in [5.41, 5.74) is 2.73. The molecule has 0 spiro atoms. The molecule has 2 aromatic carbocycles. The number of benzene rings is 2. The van der Waals surface area contributed by atoms with Crippen molar-refractivity contribution in [1.82, 2.24) is 0 Å². The lowest BCUT2D eigenvalue weighted by Crippen LogP contribution is -2.04. The van der Waals surface area contributed by atoms with E-state index in [-0.39, 0.29) is 5.78 Å². The van der Waals surface area contributed by atoms with Crippen LogP contribution in [0.2, 0.25) is 5.02 Å². The third-order valence-electron chi connectivity index (χ3n) is 3.05. The molecule has 0 heterocycles. The van der Waals surface area contributed by atoms with E-state index >= 15 is 0 Å². The highest BCUT2D eigenvalue weighted by Gasteiger charge is 2.09. The molecule has 0 saturated carbocycles. The smallest absolute Gasteiger partial charge is 0.167 e. The maximum atomic E-state index is 12.3. The highest BCUT2D eigenvalue weighted by Crippen LogP contribution is 2.21. The zero-order chi connectivity index (χ0) is 14.5. The lowest BCUT2D eigenvalue weighted by Gasteiger charge is -2.06. The second kappa shape index (κ2) is 6.96. The van der Waals surface area contributed by atoms with E-state index in [1.807, 2.05) is 49.4 Å². The fourth-order valence-corrected chi connectivity index (χ4v) is 2.94. The molecule has 0 amide bonds. The Labute approximate surface area is 129 Å². The van der Waals surface area contributed by atoms with Crippen molar-refractivity contribution in [3.8, 4) is 0 Å². The van der Waals surface area contributed by atoms with Gasteiger partial charge in [-0.2, -0.15) is 0 Å². The largest absolute Gasteiger partial charge is 0.294 e. The van der Waals surface area contributed by atoms with Crippen molar-refractivity contribution in [3.63, 3.8) is 0 Å². The van der Waals surface area contributed by atoms with Crippen LogP contribution in [-0.4, -0.2) is 11.5 Å². The van der Waals surface area contributed by atoms with Crippen LogP contribution in [0.1, 0.15) is 28.4 Å². The zero-order valence-corrected chi connectivity index (χ0v) is 13.2. The molecule has 0 aliphatic rings. The lowest BCUT2D eigenvalue weighted by atomic mass is 10.0. The molecule has 0 aromatic heterocycles. The molecule has 0 N–H and O–H groups in total. The Morgan fingerprint density at radius 3 is 2.45 bits per heavy atom. The van der Waals surface area contributed by atoms with Gasteiger partial charge < -0.3 is 0 Å². The minimum atomic E-state index is 0.101. The molecular weight excluding hydrogens is 288 g/mol. The number of halogens is 1. The molecule has 20 heavy (non-hydrogen) atoms. The summed E-state index contributed by atoms with van der Waals surface area (Å²) in [6.45, 7) is 4.10. The van der Waals surface area contributed by atoms with Gasteiger partial charge in [0.05, 0.1) is 0 Å². The molecule has 0 aliphatic heterocycles. The third-order valence-corrected chi connectivity index (χ3v) is 4.29. The third kappa shape index (κ3) is 3.87. The number of carbonyl (C=O) groups is 1. The number of carbonyl (C=O) groups excluding carboxylic acids is 1. The maximum absolute atomic E-state index is 12.3. The van der Waals surface area contributed by atoms with Crippen molar-refractivity contribution in [3.05, 3.63) is 64.2 Å². The summed E-state index contributed by atoms with van der Waals surface area (Å²) in [5, 5.41) is 0.663. The van der Waals surface area contributed by atoms with Crippen LogP contribution in [0.3, 0.4) is 0 Å². The first-order valence-corrected chi connectivity index (χ1v) is 7.97. The molecule has 0 saturated heterocycles. The van der Waals surface area contributed by atoms with Gasteiger partial charge in [0.25, 0.3) is 0 Å². The SMILES string of the molecule is CCSc1ccc(C(=O)Cc2ccc(C)cc2Cl)cc1. The predicted molar refractivity (Wildman–Crippen MR) is 87.1 cm³/mol. The average Bonchev–Trinajstić information content (AvgIpc) is 2.43. The van der Waals surface area contributed by atoms with Crippen molar-refractivity contribution in [2.24, 2.45) is 0 Å². The van der Waals surface area contributed by atoms with Crippen LogP contribution in [0.25, 0.3) is 0 Å². The summed E-state index contributed by atoms with van der Waals surface area (Å²) in [4.78, 5) is 13.4. The van der Waals surface area contributed by atoms with Crippen LogP contribution in [0.15, 0.2) is 47.4 Å². The molecule has 0 radical (unpaired) electrons. The minimum absolute atomic E-state index is 0.101. The second-order valence-electron chi connectivity index (χ2n) is 4.65. The Kier molecular flexibility index (Phi) is 5.27. The second-order valence-corrected chi connectivity index (χ2v) is 6.40. The Morgan fingerprint density at radius 1 is 1.15 bits per heavy atom. The molecule has 104 valence electrons. The minimum Gasteiger partial charge on any atom is -0.294 e. The van der Waals surface area contributed by atoms with Gasteiger partial charge in [-0.25, -0.2) is 0 Å². The van der Waals surface area contributed by atoms with Gasteiger partial charge >= 0.3 is 0 Å². The van der Waals surface area contributed by atoms with Crippen molar-refractivity contribution >= 4 is 29.1 Å². The number of hydrogen-bond donors (Lipinski definition) is 0. The first kappa shape index (κ1) is 15.1. The Balaban J connectivity index is 2.11. The number of ketones is 1. The van der Waals surface area contributed by atoms with Gasteiger partial charge in [-0.15, -0.1) is 11.8 Å². The Hall–Kier alpha value is -1.25. The molecule has 2 aromatic rings. The van der Waals surface area contributed by atoms with Crippen LogP contribution < -0.4 is 0 Å². The average molecular weight is 305 g/mol. The van der Waals surface area contributed by atoms with Gasteiger partial charge in [0.15, 0.2) is 5.78 Å². The summed E-state index contributed by atoms with van der Waals surface area (Å²) in [7, 11) is 0. The van der Waals surface area contributed by atoms with Crippen LogP contribution in [0.4, 0.5) is 0 Å². The van der Waals surface area contributed by atoms with Gasteiger partial charge in [0.1, 0.15) is 0 Å². The highest BCUT2D eigenvalue weighted by molar-refractivity contribution is 7.99. The normalized spacial score (nSPS) is 10.6. The first-order chi connectivity index (χ1) is 9.60. The summed E-state index contributed by atoms with van der Waals surface area (Å²) in [6, 6.07) is 13.6. The summed E-state index contributed by atoms with van der Waals surface area (Å²) >= 11 is 7.94. The van der Waals surface area contributed by atoms with E-state index in [0.717, 1.165) is 22.4 Å². The summed E-state index contributed by atoms with van der Waals surface area (Å²) < 4.78 is 0. The lowest BCUT2D eigenvalue weighted by molar-refractivity contribution is 0.0993. The maximum Gasteiger partial charge on any atom is 0.167 e. The van der Waals surface area contributed by atoms with Crippen LogP contribution in [0, 0.1) is 6.92 Å². The van der Waals surface area contributed by atoms with E-state index in [9.17, 15) is 4.79 Å². The van der Waals surface area contributed by atoms with E-state index in [4.69, 9.17) is 11.6 Å². The van der Waals surface area contributed by atoms with E-state index in [1.54, 1.807) is 11.8 Å². The molecular formula is C17H17ClOS. The van der Waals surface area contributed by atoms with E-state index in [0.29, 0.717) is 11.4 Å². The molecule has 0 atom stereocenters. The molecule has 0 bridgehead atoms. The molecule has 3 heteroatoms. The standard InChI is InChI=1S/C17H17ClOS/c1-3-20-15-8-6-13(7-9-15)17(19)11-14-5-4-12(2)10-16(14)18/h4-10H,3,11H2,1-2H3. The van der Waals surface area contributed by atoms with E-state index in [1.165, 1.54) is 4.90 Å². The predicted octanol–water partition coefficient (Wildman–Crippen LogP) is 5.19. The van der Waals surface area contributed by atoms with Gasteiger partial charge in [0, 0.05) is 21.9 Å². The molecule has 2 rings (SSSR count). The zero-order valence-electron chi connectivity index (χ0n) is 11.7. The number of aryl methyl sites for hydroxylation is 1. The fourth-order valence-electron chi connectivity index (χ4n) is 1.97. The molecule has 0 aliphatic carbocycles. The monoisotopic (exact) mass is 304 g/mol. The number of Topliss-reactive ketones (excluding diaryl/α,β-unsaturated/α-hetero) is 1. The van der Waals surface area contributed by atoms with Crippen molar-refractivity contribution < 1.29 is 4.79 Å². The molecule has 0 unspecified atom stereocenters. The van der Waals surface area contributed by atoms with Crippen molar-refractivity contribution in [1.29, 1.82) is 0 Å². The molecule has 0 fully saturated rings. The van der Waals surface area contributed by atoms with Crippen LogP contribution in [0.5, 0.6) is 0 Å². The van der Waals surface area contributed by atoms with E-state index < -0.39 is 0 Å². The van der Waals surface area contributed by atoms with E-state index in [2.05, 4.69) is 6.92 Å². The summed E-state index contributed by atoms with van der Waals surface area (Å²) in [6.07, 6.45) is 0.347. The fraction of sp³-hybridized carbons (Fsp3) is 0.235. The summed E-state index contributed by atoms with van der Waals surface area (Å²) in [5.74, 6) is 1.13. The number of thioether (sulfide) groups is 1.